The second-order valence-corrected chi connectivity index (χ2v) is 4.99. The van der Waals surface area contributed by atoms with E-state index in [1.807, 2.05) is 42.6 Å². The van der Waals surface area contributed by atoms with Gasteiger partial charge in [-0.15, -0.1) is 11.3 Å². The fourth-order valence-electron chi connectivity index (χ4n) is 2.05. The number of thiophene rings is 1. The Morgan fingerprint density at radius 1 is 1.17 bits per heavy atom. The van der Waals surface area contributed by atoms with Crippen molar-refractivity contribution in [3.05, 3.63) is 47.1 Å². The van der Waals surface area contributed by atoms with Crippen LogP contribution in [0.5, 0.6) is 0 Å². The third-order valence-corrected chi connectivity index (χ3v) is 3.77. The van der Waals surface area contributed by atoms with E-state index in [9.17, 15) is 5.11 Å². The van der Waals surface area contributed by atoms with Crippen LogP contribution in [0.15, 0.2) is 35.7 Å². The highest BCUT2D eigenvalue weighted by atomic mass is 32.1. The molecule has 3 aromatic rings. The lowest BCUT2D eigenvalue weighted by Crippen LogP contribution is -1.95. The molecule has 0 fully saturated rings. The molecule has 0 aliphatic carbocycles. The van der Waals surface area contributed by atoms with Crippen molar-refractivity contribution in [3.63, 3.8) is 0 Å². The molecule has 1 N–H and O–H groups in total. The monoisotopic (exact) mass is 256 g/mol. The van der Waals surface area contributed by atoms with Crippen LogP contribution in [0.3, 0.4) is 0 Å². The Morgan fingerprint density at radius 2 is 2.00 bits per heavy atom. The number of aromatic nitrogens is 2. The predicted molar refractivity (Wildman–Crippen MR) is 73.5 cm³/mol. The average Bonchev–Trinajstić information content (AvgIpc) is 2.85. The normalized spacial score (nSPS) is 11.0. The van der Waals surface area contributed by atoms with E-state index in [2.05, 4.69) is 9.97 Å². The number of nitrogens with zero attached hydrogens (tertiary/aromatic N) is 2. The molecule has 0 bridgehead atoms. The first-order chi connectivity index (χ1) is 8.79. The number of aliphatic hydroxyl groups excluding tert-OH is 1. The molecule has 0 unspecified atom stereocenters. The maximum Gasteiger partial charge on any atom is 0.126 e. The van der Waals surface area contributed by atoms with Crippen LogP contribution in [0.4, 0.5) is 0 Å². The van der Waals surface area contributed by atoms with E-state index in [1.165, 1.54) is 0 Å². The summed E-state index contributed by atoms with van der Waals surface area (Å²) in [5.74, 6) is 0.753. The Bertz CT molecular complexity index is 706. The molecule has 18 heavy (non-hydrogen) atoms. The van der Waals surface area contributed by atoms with Gasteiger partial charge in [0.2, 0.25) is 0 Å². The molecular formula is C14H12N2OS. The van der Waals surface area contributed by atoms with Crippen molar-refractivity contribution in [2.45, 2.75) is 13.5 Å². The number of benzene rings is 1. The minimum absolute atomic E-state index is 0.0199. The van der Waals surface area contributed by atoms with Gasteiger partial charge in [-0.05, 0) is 23.9 Å². The minimum atomic E-state index is 0.0199. The Morgan fingerprint density at radius 3 is 2.83 bits per heavy atom. The first kappa shape index (κ1) is 11.3. The topological polar surface area (TPSA) is 46.0 Å². The molecule has 3 rings (SSSR count). The largest absolute Gasteiger partial charge is 0.392 e. The van der Waals surface area contributed by atoms with Crippen LogP contribution >= 0.6 is 11.3 Å². The molecule has 1 aromatic carbocycles. The number of aryl methyl sites for hydroxylation is 1. The van der Waals surface area contributed by atoms with E-state index in [1.54, 1.807) is 11.3 Å². The maximum absolute atomic E-state index is 9.43. The molecule has 0 spiro atoms. The third-order valence-electron chi connectivity index (χ3n) is 2.86. The molecule has 2 heterocycles. The summed E-state index contributed by atoms with van der Waals surface area (Å²) in [6.07, 6.45) is 0. The zero-order valence-corrected chi connectivity index (χ0v) is 10.7. The molecule has 0 aliphatic rings. The van der Waals surface area contributed by atoms with E-state index < -0.39 is 0 Å². The quantitative estimate of drug-likeness (QED) is 0.766. The lowest BCUT2D eigenvalue weighted by Gasteiger charge is -2.08. The highest BCUT2D eigenvalue weighted by molar-refractivity contribution is 7.17. The van der Waals surface area contributed by atoms with Crippen molar-refractivity contribution < 1.29 is 5.11 Å². The van der Waals surface area contributed by atoms with Crippen LogP contribution in [0, 0.1) is 6.92 Å². The van der Waals surface area contributed by atoms with Gasteiger partial charge in [0.05, 0.1) is 22.5 Å². The Kier molecular flexibility index (Phi) is 2.81. The second-order valence-electron chi connectivity index (χ2n) is 4.07. The molecule has 0 aliphatic heterocycles. The Hall–Kier alpha value is -1.78. The van der Waals surface area contributed by atoms with Crippen LogP contribution in [-0.4, -0.2) is 15.1 Å². The molecule has 3 nitrogen and oxygen atoms in total. The van der Waals surface area contributed by atoms with Crippen LogP contribution < -0.4 is 0 Å². The van der Waals surface area contributed by atoms with Gasteiger partial charge in [0.1, 0.15) is 5.82 Å². The zero-order chi connectivity index (χ0) is 12.5. The summed E-state index contributed by atoms with van der Waals surface area (Å²) in [6.45, 7) is 1.91. The van der Waals surface area contributed by atoms with Crippen LogP contribution in [0.25, 0.3) is 21.5 Å². The molecule has 90 valence electrons. The van der Waals surface area contributed by atoms with Crippen LogP contribution in [-0.2, 0) is 6.61 Å². The standard InChI is InChI=1S/C14H12N2OS/c1-9-15-12-6-7-18-14(12)13(16-9)11-5-3-2-4-10(11)8-17/h2-7,17H,8H2,1H3. The van der Waals surface area contributed by atoms with Gasteiger partial charge < -0.3 is 5.11 Å². The molecular weight excluding hydrogens is 244 g/mol. The lowest BCUT2D eigenvalue weighted by atomic mass is 10.0. The Labute approximate surface area is 109 Å². The molecule has 4 heteroatoms. The lowest BCUT2D eigenvalue weighted by molar-refractivity contribution is 0.282. The number of hydrogen-bond acceptors (Lipinski definition) is 4. The van der Waals surface area contributed by atoms with Gasteiger partial charge in [-0.2, -0.15) is 0 Å². The smallest absolute Gasteiger partial charge is 0.126 e. The molecule has 0 saturated heterocycles. The van der Waals surface area contributed by atoms with Crippen molar-refractivity contribution >= 4 is 21.6 Å². The van der Waals surface area contributed by atoms with Gasteiger partial charge in [-0.1, -0.05) is 24.3 Å². The van der Waals surface area contributed by atoms with E-state index in [4.69, 9.17) is 0 Å². The van der Waals surface area contributed by atoms with Gasteiger partial charge >= 0.3 is 0 Å². The van der Waals surface area contributed by atoms with Gasteiger partial charge in [-0.3, -0.25) is 0 Å². The van der Waals surface area contributed by atoms with Crippen LogP contribution in [0.2, 0.25) is 0 Å². The molecule has 0 radical (unpaired) electrons. The average molecular weight is 256 g/mol. The maximum atomic E-state index is 9.43. The fraction of sp³-hybridized carbons (Fsp3) is 0.143. The first-order valence-corrected chi connectivity index (χ1v) is 6.58. The summed E-state index contributed by atoms with van der Waals surface area (Å²) in [5.41, 5.74) is 3.76. The summed E-state index contributed by atoms with van der Waals surface area (Å²) < 4.78 is 1.07. The van der Waals surface area contributed by atoms with Gasteiger partial charge in [0.25, 0.3) is 0 Å². The highest BCUT2D eigenvalue weighted by Gasteiger charge is 2.12. The van der Waals surface area contributed by atoms with Crippen molar-refractivity contribution in [2.75, 3.05) is 0 Å². The van der Waals surface area contributed by atoms with Gasteiger partial charge in [0, 0.05) is 5.56 Å². The zero-order valence-electron chi connectivity index (χ0n) is 9.92. The first-order valence-electron chi connectivity index (χ1n) is 5.70. The summed E-state index contributed by atoms with van der Waals surface area (Å²) in [4.78, 5) is 8.95. The van der Waals surface area contributed by atoms with Gasteiger partial charge in [-0.25, -0.2) is 9.97 Å². The SMILES string of the molecule is Cc1nc(-c2ccccc2CO)c2sccc2n1. The molecule has 2 aromatic heterocycles. The van der Waals surface area contributed by atoms with E-state index >= 15 is 0 Å². The summed E-state index contributed by atoms with van der Waals surface area (Å²) in [5, 5.41) is 11.4. The van der Waals surface area contributed by atoms with Gasteiger partial charge in [0.15, 0.2) is 0 Å². The number of aliphatic hydroxyl groups is 1. The summed E-state index contributed by atoms with van der Waals surface area (Å²) >= 11 is 1.63. The fourth-order valence-corrected chi connectivity index (χ4v) is 2.89. The van der Waals surface area contributed by atoms with E-state index in [0.717, 1.165) is 32.9 Å². The molecule has 0 atom stereocenters. The van der Waals surface area contributed by atoms with Crippen molar-refractivity contribution in [2.24, 2.45) is 0 Å². The van der Waals surface area contributed by atoms with Crippen molar-refractivity contribution in [1.82, 2.24) is 9.97 Å². The molecule has 0 saturated carbocycles. The van der Waals surface area contributed by atoms with E-state index in [0.29, 0.717) is 0 Å². The van der Waals surface area contributed by atoms with Crippen molar-refractivity contribution in [3.8, 4) is 11.3 Å². The van der Waals surface area contributed by atoms with Crippen LogP contribution in [0.1, 0.15) is 11.4 Å². The van der Waals surface area contributed by atoms with Crippen molar-refractivity contribution in [1.29, 1.82) is 0 Å². The molecule has 0 amide bonds. The third kappa shape index (κ3) is 1.79. The van der Waals surface area contributed by atoms with E-state index in [-0.39, 0.29) is 6.61 Å². The number of fused-ring (bicyclic) bond motifs is 1. The minimum Gasteiger partial charge on any atom is -0.392 e. The summed E-state index contributed by atoms with van der Waals surface area (Å²) in [7, 11) is 0. The second kappa shape index (κ2) is 4.48. The number of hydrogen-bond donors (Lipinski definition) is 1. The summed E-state index contributed by atoms with van der Waals surface area (Å²) in [6, 6.07) is 9.80. The number of rotatable bonds is 2. The highest BCUT2D eigenvalue weighted by Crippen LogP contribution is 2.32. The predicted octanol–water partition coefficient (Wildman–Crippen LogP) is 3.16. The Balaban J connectivity index is 2.34.